The Morgan fingerprint density at radius 2 is 1.96 bits per heavy atom. The minimum atomic E-state index is -0.822. The molecule has 0 unspecified atom stereocenters. The van der Waals surface area contributed by atoms with E-state index < -0.39 is 11.6 Å². The van der Waals surface area contributed by atoms with Crippen molar-refractivity contribution in [3.63, 3.8) is 0 Å². The van der Waals surface area contributed by atoms with Gasteiger partial charge in [-0.05, 0) is 42.8 Å². The molecule has 0 aliphatic carbocycles. The van der Waals surface area contributed by atoms with E-state index in [9.17, 15) is 8.78 Å². The lowest BCUT2D eigenvalue weighted by Crippen LogP contribution is -2.20. The van der Waals surface area contributed by atoms with Crippen LogP contribution < -0.4 is 0 Å². The van der Waals surface area contributed by atoms with Crippen LogP contribution in [0.4, 0.5) is 8.78 Å². The standard InChI is InChI=1S/C18H16F2N4O/c19-15-2-1-12(9-16(15)20)10-24-8-5-14(11-24)18-22-17(23-25-18)13-3-6-21-7-4-13/h1-4,6-7,9,14H,5,8,10-11H2/t14-/m1/s1. The Morgan fingerprint density at radius 3 is 2.76 bits per heavy atom. The molecule has 0 saturated carbocycles. The second-order valence-electron chi connectivity index (χ2n) is 6.16. The van der Waals surface area contributed by atoms with Gasteiger partial charge in [-0.1, -0.05) is 11.2 Å². The molecule has 0 bridgehead atoms. The second-order valence-corrected chi connectivity index (χ2v) is 6.16. The summed E-state index contributed by atoms with van der Waals surface area (Å²) in [6, 6.07) is 7.69. The summed E-state index contributed by atoms with van der Waals surface area (Å²) < 4.78 is 31.8. The third-order valence-corrected chi connectivity index (χ3v) is 4.39. The van der Waals surface area contributed by atoms with Crippen LogP contribution in [-0.2, 0) is 6.54 Å². The van der Waals surface area contributed by atoms with Crippen LogP contribution in [0.15, 0.2) is 47.2 Å². The molecule has 0 spiro atoms. The predicted octanol–water partition coefficient (Wildman–Crippen LogP) is 3.40. The average molecular weight is 342 g/mol. The third-order valence-electron chi connectivity index (χ3n) is 4.39. The zero-order valence-corrected chi connectivity index (χ0v) is 13.4. The van der Waals surface area contributed by atoms with Gasteiger partial charge < -0.3 is 4.52 Å². The summed E-state index contributed by atoms with van der Waals surface area (Å²) in [7, 11) is 0. The highest BCUT2D eigenvalue weighted by Gasteiger charge is 2.28. The van der Waals surface area contributed by atoms with Crippen molar-refractivity contribution in [2.45, 2.75) is 18.9 Å². The molecule has 2 aromatic heterocycles. The zero-order valence-electron chi connectivity index (χ0n) is 13.4. The summed E-state index contributed by atoms with van der Waals surface area (Å²) in [5.41, 5.74) is 1.61. The maximum atomic E-state index is 13.3. The van der Waals surface area contributed by atoms with Gasteiger partial charge in [-0.15, -0.1) is 0 Å². The van der Waals surface area contributed by atoms with Crippen molar-refractivity contribution in [3.05, 3.63) is 65.8 Å². The Balaban J connectivity index is 1.42. The number of benzene rings is 1. The zero-order chi connectivity index (χ0) is 17.2. The highest BCUT2D eigenvalue weighted by molar-refractivity contribution is 5.52. The summed E-state index contributed by atoms with van der Waals surface area (Å²) in [6.07, 6.45) is 4.26. The highest BCUT2D eigenvalue weighted by Crippen LogP contribution is 2.28. The third kappa shape index (κ3) is 3.41. The minimum absolute atomic E-state index is 0.147. The van der Waals surface area contributed by atoms with E-state index in [0.29, 0.717) is 18.3 Å². The number of halogens is 2. The second kappa shape index (κ2) is 6.68. The van der Waals surface area contributed by atoms with Crippen LogP contribution in [0.2, 0.25) is 0 Å². The Morgan fingerprint density at radius 1 is 1.12 bits per heavy atom. The lowest BCUT2D eigenvalue weighted by molar-refractivity contribution is 0.308. The number of hydrogen-bond donors (Lipinski definition) is 0. The molecule has 1 fully saturated rings. The molecule has 4 rings (SSSR count). The van der Waals surface area contributed by atoms with Crippen LogP contribution in [0.1, 0.15) is 23.8 Å². The Hall–Kier alpha value is -2.67. The number of nitrogens with zero attached hydrogens (tertiary/aromatic N) is 4. The summed E-state index contributed by atoms with van der Waals surface area (Å²) in [5.74, 6) is -0.325. The molecule has 1 atom stereocenters. The van der Waals surface area contributed by atoms with Crippen molar-refractivity contribution in [1.82, 2.24) is 20.0 Å². The van der Waals surface area contributed by atoms with Crippen LogP contribution in [0, 0.1) is 11.6 Å². The predicted molar refractivity (Wildman–Crippen MR) is 86.5 cm³/mol. The van der Waals surface area contributed by atoms with Crippen molar-refractivity contribution >= 4 is 0 Å². The average Bonchev–Trinajstić information content (AvgIpc) is 3.28. The molecule has 128 valence electrons. The highest BCUT2D eigenvalue weighted by atomic mass is 19.2. The first-order chi connectivity index (χ1) is 12.2. The van der Waals surface area contributed by atoms with Gasteiger partial charge in [-0.3, -0.25) is 9.88 Å². The first-order valence-electron chi connectivity index (χ1n) is 8.09. The molecular weight excluding hydrogens is 326 g/mol. The topological polar surface area (TPSA) is 55.1 Å². The van der Waals surface area contributed by atoms with Gasteiger partial charge in [0.15, 0.2) is 11.6 Å². The molecule has 1 aliphatic heterocycles. The molecule has 1 saturated heterocycles. The first-order valence-corrected chi connectivity index (χ1v) is 8.09. The van der Waals surface area contributed by atoms with E-state index in [4.69, 9.17) is 4.52 Å². The fourth-order valence-corrected chi connectivity index (χ4v) is 3.09. The molecule has 0 amide bonds. The van der Waals surface area contributed by atoms with Crippen LogP contribution in [0.5, 0.6) is 0 Å². The molecule has 5 nitrogen and oxygen atoms in total. The molecule has 3 heterocycles. The normalized spacial score (nSPS) is 17.9. The van der Waals surface area contributed by atoms with E-state index in [2.05, 4.69) is 20.0 Å². The molecule has 1 aromatic carbocycles. The van der Waals surface area contributed by atoms with Gasteiger partial charge in [0.1, 0.15) is 0 Å². The summed E-state index contributed by atoms with van der Waals surface area (Å²) in [4.78, 5) is 10.6. The molecule has 0 radical (unpaired) electrons. The Labute approximate surface area is 143 Å². The quantitative estimate of drug-likeness (QED) is 0.727. The van der Waals surface area contributed by atoms with E-state index in [-0.39, 0.29) is 5.92 Å². The van der Waals surface area contributed by atoms with Crippen LogP contribution in [0.3, 0.4) is 0 Å². The van der Waals surface area contributed by atoms with Gasteiger partial charge in [-0.2, -0.15) is 4.98 Å². The number of aromatic nitrogens is 3. The number of likely N-dealkylation sites (tertiary alicyclic amines) is 1. The smallest absolute Gasteiger partial charge is 0.231 e. The minimum Gasteiger partial charge on any atom is -0.339 e. The van der Waals surface area contributed by atoms with Gasteiger partial charge in [0.2, 0.25) is 11.7 Å². The van der Waals surface area contributed by atoms with Crippen molar-refractivity contribution in [2.24, 2.45) is 0 Å². The van der Waals surface area contributed by atoms with Crippen LogP contribution in [0.25, 0.3) is 11.4 Å². The van der Waals surface area contributed by atoms with Gasteiger partial charge in [-0.25, -0.2) is 8.78 Å². The van der Waals surface area contributed by atoms with Gasteiger partial charge in [0.25, 0.3) is 0 Å². The molecule has 7 heteroatoms. The molecule has 25 heavy (non-hydrogen) atoms. The van der Waals surface area contributed by atoms with Crippen LogP contribution >= 0.6 is 0 Å². The molecule has 0 N–H and O–H groups in total. The summed E-state index contributed by atoms with van der Waals surface area (Å²) >= 11 is 0. The lowest BCUT2D eigenvalue weighted by atomic mass is 10.1. The summed E-state index contributed by atoms with van der Waals surface area (Å²) in [6.45, 7) is 2.16. The van der Waals surface area contributed by atoms with Crippen molar-refractivity contribution < 1.29 is 13.3 Å². The number of rotatable bonds is 4. The largest absolute Gasteiger partial charge is 0.339 e. The van der Waals surface area contributed by atoms with Gasteiger partial charge in [0, 0.05) is 31.0 Å². The number of hydrogen-bond acceptors (Lipinski definition) is 5. The molecule has 1 aliphatic rings. The van der Waals surface area contributed by atoms with E-state index in [1.54, 1.807) is 18.5 Å². The van der Waals surface area contributed by atoms with E-state index in [1.807, 2.05) is 12.1 Å². The molecule has 3 aromatic rings. The Bertz CT molecular complexity index is 869. The maximum Gasteiger partial charge on any atom is 0.231 e. The van der Waals surface area contributed by atoms with Gasteiger partial charge >= 0.3 is 0 Å². The van der Waals surface area contributed by atoms with E-state index >= 15 is 0 Å². The van der Waals surface area contributed by atoms with Gasteiger partial charge in [0.05, 0.1) is 5.92 Å². The maximum absolute atomic E-state index is 13.3. The SMILES string of the molecule is Fc1ccc(CN2CC[C@@H](c3nc(-c4ccncc4)no3)C2)cc1F. The fourth-order valence-electron chi connectivity index (χ4n) is 3.09. The Kier molecular flexibility index (Phi) is 4.23. The monoisotopic (exact) mass is 342 g/mol. The van der Waals surface area contributed by atoms with E-state index in [0.717, 1.165) is 36.7 Å². The van der Waals surface area contributed by atoms with Crippen molar-refractivity contribution in [2.75, 3.05) is 13.1 Å². The summed E-state index contributed by atoms with van der Waals surface area (Å²) in [5, 5.41) is 4.04. The van der Waals surface area contributed by atoms with Crippen molar-refractivity contribution in [3.8, 4) is 11.4 Å². The van der Waals surface area contributed by atoms with Crippen LogP contribution in [-0.4, -0.2) is 33.1 Å². The lowest BCUT2D eigenvalue weighted by Gasteiger charge is -2.15. The number of pyridine rings is 1. The molecular formula is C18H16F2N4O. The first kappa shape index (κ1) is 15.8. The fraction of sp³-hybridized carbons (Fsp3) is 0.278. The van der Waals surface area contributed by atoms with Crippen molar-refractivity contribution in [1.29, 1.82) is 0 Å². The van der Waals surface area contributed by atoms with E-state index in [1.165, 1.54) is 6.07 Å².